The highest BCUT2D eigenvalue weighted by molar-refractivity contribution is 7.20. The Morgan fingerprint density at radius 2 is 2.00 bits per heavy atom. The monoisotopic (exact) mass is 328 g/mol. The van der Waals surface area contributed by atoms with Crippen molar-refractivity contribution in [1.29, 1.82) is 0 Å². The van der Waals surface area contributed by atoms with Gasteiger partial charge in [0.1, 0.15) is 5.00 Å². The van der Waals surface area contributed by atoms with Gasteiger partial charge in [-0.3, -0.25) is 9.59 Å². The summed E-state index contributed by atoms with van der Waals surface area (Å²) in [6.45, 7) is 5.77. The van der Waals surface area contributed by atoms with Gasteiger partial charge in [-0.25, -0.2) is 0 Å². The molecular formula is C18H20N2O2S. The first kappa shape index (κ1) is 15.7. The van der Waals surface area contributed by atoms with Crippen molar-refractivity contribution >= 4 is 28.2 Å². The van der Waals surface area contributed by atoms with E-state index in [0.29, 0.717) is 16.5 Å². The van der Waals surface area contributed by atoms with E-state index in [2.05, 4.69) is 37.4 Å². The number of anilines is 1. The molecule has 1 aliphatic carbocycles. The van der Waals surface area contributed by atoms with Crippen LogP contribution in [0, 0.1) is 0 Å². The summed E-state index contributed by atoms with van der Waals surface area (Å²) in [4.78, 5) is 24.4. The van der Waals surface area contributed by atoms with Gasteiger partial charge in [0, 0.05) is 11.8 Å². The molecule has 0 unspecified atom stereocenters. The molecule has 0 saturated heterocycles. The number of nitrogens with one attached hydrogen (secondary N) is 1. The average Bonchev–Trinajstić information content (AvgIpc) is 2.84. The third kappa shape index (κ3) is 2.77. The highest BCUT2D eigenvalue weighted by Gasteiger charge is 2.27. The third-order valence-electron chi connectivity index (χ3n) is 4.23. The fraction of sp³-hybridized carbons (Fsp3) is 0.333. The van der Waals surface area contributed by atoms with Crippen LogP contribution in [-0.4, -0.2) is 11.8 Å². The smallest absolute Gasteiger partial charge is 0.252 e. The number of carbonyl (C=O) groups is 2. The molecule has 0 saturated carbocycles. The van der Waals surface area contributed by atoms with Gasteiger partial charge in [0.25, 0.3) is 5.91 Å². The average molecular weight is 328 g/mol. The summed E-state index contributed by atoms with van der Waals surface area (Å²) in [5, 5.41) is 3.33. The second-order valence-electron chi connectivity index (χ2n) is 6.23. The SMILES string of the molecule is CC(=O)Nc1sc2c(c1C(N)=O)CCc1ccc(C(C)C)cc1-2. The van der Waals surface area contributed by atoms with Crippen LogP contribution in [0.4, 0.5) is 5.00 Å². The number of carbonyl (C=O) groups excluding carboxylic acids is 2. The van der Waals surface area contributed by atoms with Crippen molar-refractivity contribution in [2.24, 2.45) is 5.73 Å². The molecule has 4 nitrogen and oxygen atoms in total. The van der Waals surface area contributed by atoms with Gasteiger partial charge in [0.15, 0.2) is 0 Å². The molecule has 0 fully saturated rings. The van der Waals surface area contributed by atoms with Gasteiger partial charge in [-0.2, -0.15) is 0 Å². The maximum atomic E-state index is 11.9. The van der Waals surface area contributed by atoms with E-state index in [4.69, 9.17) is 5.73 Å². The number of primary amides is 1. The van der Waals surface area contributed by atoms with E-state index in [-0.39, 0.29) is 5.91 Å². The minimum absolute atomic E-state index is 0.192. The van der Waals surface area contributed by atoms with E-state index in [1.165, 1.54) is 35.0 Å². The van der Waals surface area contributed by atoms with Crippen LogP contribution in [0.5, 0.6) is 0 Å². The first-order chi connectivity index (χ1) is 10.9. The summed E-state index contributed by atoms with van der Waals surface area (Å²) in [7, 11) is 0. The summed E-state index contributed by atoms with van der Waals surface area (Å²) in [6, 6.07) is 6.55. The minimum atomic E-state index is -0.477. The van der Waals surface area contributed by atoms with E-state index in [1.54, 1.807) is 0 Å². The highest BCUT2D eigenvalue weighted by Crippen LogP contribution is 2.45. The largest absolute Gasteiger partial charge is 0.365 e. The van der Waals surface area contributed by atoms with Crippen LogP contribution in [-0.2, 0) is 17.6 Å². The maximum Gasteiger partial charge on any atom is 0.252 e. The quantitative estimate of drug-likeness (QED) is 0.902. The molecule has 1 aromatic carbocycles. The predicted octanol–water partition coefficient (Wildman–Crippen LogP) is 3.69. The Hall–Kier alpha value is -2.14. The van der Waals surface area contributed by atoms with E-state index < -0.39 is 5.91 Å². The molecular weight excluding hydrogens is 308 g/mol. The van der Waals surface area contributed by atoms with Gasteiger partial charge in [0.05, 0.1) is 5.56 Å². The fourth-order valence-corrected chi connectivity index (χ4v) is 4.42. The van der Waals surface area contributed by atoms with Crippen molar-refractivity contribution in [2.75, 3.05) is 5.32 Å². The first-order valence-corrected chi connectivity index (χ1v) is 8.56. The van der Waals surface area contributed by atoms with Crippen molar-refractivity contribution in [3.05, 3.63) is 40.5 Å². The molecule has 2 amide bonds. The lowest BCUT2D eigenvalue weighted by Crippen LogP contribution is -2.17. The number of hydrogen-bond acceptors (Lipinski definition) is 3. The van der Waals surface area contributed by atoms with Crippen LogP contribution in [0.3, 0.4) is 0 Å². The Morgan fingerprint density at radius 1 is 1.26 bits per heavy atom. The van der Waals surface area contributed by atoms with E-state index in [1.807, 2.05) is 0 Å². The Bertz CT molecular complexity index is 806. The van der Waals surface area contributed by atoms with Crippen LogP contribution >= 0.6 is 11.3 Å². The molecule has 5 heteroatoms. The summed E-state index contributed by atoms with van der Waals surface area (Å²) < 4.78 is 0. The van der Waals surface area contributed by atoms with Crippen LogP contribution in [0.25, 0.3) is 10.4 Å². The zero-order valence-electron chi connectivity index (χ0n) is 13.5. The molecule has 1 aliphatic rings. The second-order valence-corrected chi connectivity index (χ2v) is 7.25. The normalized spacial score (nSPS) is 12.7. The standard InChI is InChI=1S/C18H20N2O2S/c1-9(2)12-5-4-11-6-7-13-15(17(19)22)18(20-10(3)21)23-16(13)14(11)8-12/h4-5,8-9H,6-7H2,1-3H3,(H2,19,22)(H,20,21). The van der Waals surface area contributed by atoms with Crippen molar-refractivity contribution in [3.63, 3.8) is 0 Å². The Labute approximate surface area is 139 Å². The Morgan fingerprint density at radius 3 is 2.61 bits per heavy atom. The van der Waals surface area contributed by atoms with Crippen molar-refractivity contribution < 1.29 is 9.59 Å². The number of nitrogens with two attached hydrogens (primary N) is 1. The lowest BCUT2D eigenvalue weighted by Gasteiger charge is -2.19. The van der Waals surface area contributed by atoms with Gasteiger partial charge in [-0.05, 0) is 47.1 Å². The molecule has 3 N–H and O–H groups in total. The highest BCUT2D eigenvalue weighted by atomic mass is 32.1. The van der Waals surface area contributed by atoms with Gasteiger partial charge >= 0.3 is 0 Å². The molecule has 1 aromatic heterocycles. The molecule has 0 bridgehead atoms. The predicted molar refractivity (Wildman–Crippen MR) is 94.1 cm³/mol. The lowest BCUT2D eigenvalue weighted by atomic mass is 9.86. The van der Waals surface area contributed by atoms with Crippen LogP contribution < -0.4 is 11.1 Å². The third-order valence-corrected chi connectivity index (χ3v) is 5.41. The molecule has 0 aliphatic heterocycles. The fourth-order valence-electron chi connectivity index (χ4n) is 3.07. The van der Waals surface area contributed by atoms with E-state index in [0.717, 1.165) is 23.3 Å². The molecule has 0 atom stereocenters. The number of benzene rings is 1. The summed E-state index contributed by atoms with van der Waals surface area (Å²) in [5.41, 5.74) is 10.7. The Kier molecular flexibility index (Phi) is 3.98. The van der Waals surface area contributed by atoms with Gasteiger partial charge < -0.3 is 11.1 Å². The number of fused-ring (bicyclic) bond motifs is 3. The van der Waals surface area contributed by atoms with Crippen molar-refractivity contribution in [3.8, 4) is 10.4 Å². The maximum absolute atomic E-state index is 11.9. The number of thiophene rings is 1. The molecule has 3 rings (SSSR count). The summed E-state index contributed by atoms with van der Waals surface area (Å²) in [5.74, 6) is -0.229. The number of hydrogen-bond donors (Lipinski definition) is 2. The van der Waals surface area contributed by atoms with Gasteiger partial charge in [-0.1, -0.05) is 26.0 Å². The lowest BCUT2D eigenvalue weighted by molar-refractivity contribution is -0.114. The molecule has 1 heterocycles. The number of amides is 2. The zero-order valence-corrected chi connectivity index (χ0v) is 14.3. The van der Waals surface area contributed by atoms with Crippen LogP contribution in [0.2, 0.25) is 0 Å². The first-order valence-electron chi connectivity index (χ1n) is 7.74. The summed E-state index contributed by atoms with van der Waals surface area (Å²) in [6.07, 6.45) is 1.66. The van der Waals surface area contributed by atoms with Crippen molar-refractivity contribution in [2.45, 2.75) is 39.5 Å². The molecule has 2 aromatic rings. The number of aryl methyl sites for hydroxylation is 1. The van der Waals surface area contributed by atoms with Crippen LogP contribution in [0.15, 0.2) is 18.2 Å². The van der Waals surface area contributed by atoms with E-state index in [9.17, 15) is 9.59 Å². The Balaban J connectivity index is 2.20. The molecule has 23 heavy (non-hydrogen) atoms. The van der Waals surface area contributed by atoms with Crippen molar-refractivity contribution in [1.82, 2.24) is 0 Å². The zero-order chi connectivity index (χ0) is 16.7. The second kappa shape index (κ2) is 5.81. The molecule has 120 valence electrons. The van der Waals surface area contributed by atoms with E-state index >= 15 is 0 Å². The van der Waals surface area contributed by atoms with Crippen LogP contribution in [0.1, 0.15) is 53.7 Å². The summed E-state index contributed by atoms with van der Waals surface area (Å²) >= 11 is 1.45. The van der Waals surface area contributed by atoms with Gasteiger partial charge in [0.2, 0.25) is 5.91 Å². The topological polar surface area (TPSA) is 72.2 Å². The molecule has 0 spiro atoms. The number of rotatable bonds is 3. The minimum Gasteiger partial charge on any atom is -0.365 e. The van der Waals surface area contributed by atoms with Gasteiger partial charge in [-0.15, -0.1) is 11.3 Å². The molecule has 0 radical (unpaired) electrons.